The minimum atomic E-state index is 0.603. The highest BCUT2D eigenvalue weighted by atomic mass is 79.9. The maximum absolute atomic E-state index is 5.86. The number of halogens is 1. The first kappa shape index (κ1) is 13.1. The second-order valence-electron chi connectivity index (χ2n) is 3.92. The predicted molar refractivity (Wildman–Crippen MR) is 74.9 cm³/mol. The van der Waals surface area contributed by atoms with E-state index >= 15 is 0 Å². The molecule has 0 aliphatic rings. The quantitative estimate of drug-likeness (QED) is 0.924. The largest absolute Gasteiger partial charge is 0.454 e. The standard InChI is InChI=1S/C13H16BrN3O/c1-2-17-9-12(8-16-17)18-13-7-11(14)4-3-10(13)5-6-15/h3-4,7-9H,2,5-6,15H2,1H3. The van der Waals surface area contributed by atoms with Crippen molar-refractivity contribution in [2.45, 2.75) is 19.9 Å². The summed E-state index contributed by atoms with van der Waals surface area (Å²) in [7, 11) is 0. The van der Waals surface area contributed by atoms with Gasteiger partial charge in [0.1, 0.15) is 5.75 Å². The zero-order valence-electron chi connectivity index (χ0n) is 10.3. The summed E-state index contributed by atoms with van der Waals surface area (Å²) < 4.78 is 8.67. The molecule has 1 aromatic heterocycles. The summed E-state index contributed by atoms with van der Waals surface area (Å²) in [5.41, 5.74) is 6.70. The molecular formula is C13H16BrN3O. The highest BCUT2D eigenvalue weighted by Crippen LogP contribution is 2.28. The third-order valence-corrected chi connectivity index (χ3v) is 3.10. The average Bonchev–Trinajstić information content (AvgIpc) is 2.80. The van der Waals surface area contributed by atoms with Gasteiger partial charge in [0.15, 0.2) is 5.75 Å². The van der Waals surface area contributed by atoms with E-state index in [0.717, 1.165) is 34.5 Å². The van der Waals surface area contributed by atoms with Crippen molar-refractivity contribution in [2.24, 2.45) is 5.73 Å². The van der Waals surface area contributed by atoms with Crippen LogP contribution in [0.15, 0.2) is 35.1 Å². The molecule has 0 bridgehead atoms. The van der Waals surface area contributed by atoms with Crippen LogP contribution in [-0.2, 0) is 13.0 Å². The minimum absolute atomic E-state index is 0.603. The summed E-state index contributed by atoms with van der Waals surface area (Å²) in [6.07, 6.45) is 4.40. The Morgan fingerprint density at radius 1 is 1.44 bits per heavy atom. The second-order valence-corrected chi connectivity index (χ2v) is 4.84. The van der Waals surface area contributed by atoms with Crippen LogP contribution >= 0.6 is 15.9 Å². The van der Waals surface area contributed by atoms with Gasteiger partial charge in [-0.1, -0.05) is 22.0 Å². The molecule has 0 aliphatic heterocycles. The van der Waals surface area contributed by atoms with Crippen molar-refractivity contribution in [3.8, 4) is 11.5 Å². The molecule has 0 radical (unpaired) electrons. The lowest BCUT2D eigenvalue weighted by molar-refractivity contribution is 0.474. The van der Waals surface area contributed by atoms with E-state index in [4.69, 9.17) is 10.5 Å². The van der Waals surface area contributed by atoms with Gasteiger partial charge in [0.2, 0.25) is 0 Å². The van der Waals surface area contributed by atoms with Gasteiger partial charge in [0.25, 0.3) is 0 Å². The van der Waals surface area contributed by atoms with Gasteiger partial charge in [-0.15, -0.1) is 0 Å². The van der Waals surface area contributed by atoms with Crippen molar-refractivity contribution in [3.63, 3.8) is 0 Å². The Bertz CT molecular complexity index is 525. The van der Waals surface area contributed by atoms with Crippen LogP contribution in [0, 0.1) is 0 Å². The molecule has 2 N–H and O–H groups in total. The first-order chi connectivity index (χ1) is 8.72. The summed E-state index contributed by atoms with van der Waals surface area (Å²) in [5.74, 6) is 1.57. The summed E-state index contributed by atoms with van der Waals surface area (Å²) in [5, 5.41) is 4.18. The number of hydrogen-bond donors (Lipinski definition) is 1. The zero-order chi connectivity index (χ0) is 13.0. The van der Waals surface area contributed by atoms with Crippen molar-refractivity contribution in [3.05, 3.63) is 40.6 Å². The van der Waals surface area contributed by atoms with Gasteiger partial charge in [0, 0.05) is 11.0 Å². The Morgan fingerprint density at radius 3 is 2.94 bits per heavy atom. The summed E-state index contributed by atoms with van der Waals surface area (Å²) >= 11 is 3.45. The molecule has 0 unspecified atom stereocenters. The van der Waals surface area contributed by atoms with Crippen molar-refractivity contribution >= 4 is 15.9 Å². The van der Waals surface area contributed by atoms with Crippen molar-refractivity contribution in [2.75, 3.05) is 6.54 Å². The van der Waals surface area contributed by atoms with Crippen LogP contribution in [0.3, 0.4) is 0 Å². The van der Waals surface area contributed by atoms with E-state index in [1.54, 1.807) is 6.20 Å². The molecule has 1 heterocycles. The van der Waals surface area contributed by atoms with Crippen LogP contribution in [0.4, 0.5) is 0 Å². The Hall–Kier alpha value is -1.33. The molecule has 0 spiro atoms. The Balaban J connectivity index is 2.23. The van der Waals surface area contributed by atoms with E-state index in [1.165, 1.54) is 0 Å². The number of benzene rings is 1. The molecule has 18 heavy (non-hydrogen) atoms. The number of aryl methyl sites for hydroxylation is 1. The number of nitrogens with two attached hydrogens (primary N) is 1. The third-order valence-electron chi connectivity index (χ3n) is 2.60. The first-order valence-electron chi connectivity index (χ1n) is 5.91. The van der Waals surface area contributed by atoms with Crippen LogP contribution in [0.1, 0.15) is 12.5 Å². The lowest BCUT2D eigenvalue weighted by Crippen LogP contribution is -2.04. The lowest BCUT2D eigenvalue weighted by atomic mass is 10.1. The van der Waals surface area contributed by atoms with Crippen LogP contribution in [0.5, 0.6) is 11.5 Å². The number of nitrogens with zero attached hydrogens (tertiary/aromatic N) is 2. The summed E-state index contributed by atoms with van der Waals surface area (Å²) in [6.45, 7) is 3.47. The Morgan fingerprint density at radius 2 is 2.28 bits per heavy atom. The third kappa shape index (κ3) is 3.11. The second kappa shape index (κ2) is 6.02. The SMILES string of the molecule is CCn1cc(Oc2cc(Br)ccc2CCN)cn1. The van der Waals surface area contributed by atoms with Gasteiger partial charge in [-0.05, 0) is 37.6 Å². The Kier molecular flexibility index (Phi) is 4.38. The lowest BCUT2D eigenvalue weighted by Gasteiger charge is -2.09. The Labute approximate surface area is 115 Å². The topological polar surface area (TPSA) is 53.1 Å². The highest BCUT2D eigenvalue weighted by molar-refractivity contribution is 9.10. The first-order valence-corrected chi connectivity index (χ1v) is 6.71. The van der Waals surface area contributed by atoms with E-state index in [2.05, 4.69) is 21.0 Å². The fraction of sp³-hybridized carbons (Fsp3) is 0.308. The van der Waals surface area contributed by atoms with Crippen LogP contribution in [0.25, 0.3) is 0 Å². The van der Waals surface area contributed by atoms with Gasteiger partial charge in [-0.25, -0.2) is 0 Å². The summed E-state index contributed by atoms with van der Waals surface area (Å²) in [6, 6.07) is 5.97. The monoisotopic (exact) mass is 309 g/mol. The molecule has 96 valence electrons. The van der Waals surface area contributed by atoms with E-state index in [-0.39, 0.29) is 0 Å². The molecule has 0 atom stereocenters. The molecule has 2 rings (SSSR count). The van der Waals surface area contributed by atoms with Gasteiger partial charge in [0.05, 0.1) is 12.4 Å². The van der Waals surface area contributed by atoms with Gasteiger partial charge < -0.3 is 10.5 Å². The summed E-state index contributed by atoms with van der Waals surface area (Å²) in [4.78, 5) is 0. The van der Waals surface area contributed by atoms with E-state index in [1.807, 2.05) is 36.0 Å². The van der Waals surface area contributed by atoms with Crippen molar-refractivity contribution in [1.82, 2.24) is 9.78 Å². The molecule has 0 saturated heterocycles. The van der Waals surface area contributed by atoms with Crippen LogP contribution in [-0.4, -0.2) is 16.3 Å². The van der Waals surface area contributed by atoms with Crippen molar-refractivity contribution < 1.29 is 4.74 Å². The normalized spacial score (nSPS) is 10.6. The molecule has 0 aliphatic carbocycles. The van der Waals surface area contributed by atoms with Gasteiger partial charge in [-0.2, -0.15) is 5.10 Å². The molecular weight excluding hydrogens is 294 g/mol. The number of rotatable bonds is 5. The zero-order valence-corrected chi connectivity index (χ0v) is 11.9. The fourth-order valence-corrected chi connectivity index (χ4v) is 2.02. The smallest absolute Gasteiger partial charge is 0.165 e. The van der Waals surface area contributed by atoms with Gasteiger partial charge >= 0.3 is 0 Å². The average molecular weight is 310 g/mol. The van der Waals surface area contributed by atoms with Crippen LogP contribution in [0.2, 0.25) is 0 Å². The fourth-order valence-electron chi connectivity index (χ4n) is 1.68. The molecule has 0 fully saturated rings. The molecule has 5 heteroatoms. The van der Waals surface area contributed by atoms with E-state index < -0.39 is 0 Å². The minimum Gasteiger partial charge on any atom is -0.454 e. The van der Waals surface area contributed by atoms with Crippen molar-refractivity contribution in [1.29, 1.82) is 0 Å². The van der Waals surface area contributed by atoms with E-state index in [0.29, 0.717) is 6.54 Å². The number of hydrogen-bond acceptors (Lipinski definition) is 3. The molecule has 2 aromatic rings. The number of ether oxygens (including phenoxy) is 1. The molecule has 4 nitrogen and oxygen atoms in total. The number of aromatic nitrogens is 2. The highest BCUT2D eigenvalue weighted by Gasteiger charge is 2.07. The molecule has 1 aromatic carbocycles. The van der Waals surface area contributed by atoms with E-state index in [9.17, 15) is 0 Å². The van der Waals surface area contributed by atoms with Gasteiger partial charge in [-0.3, -0.25) is 4.68 Å². The molecule has 0 saturated carbocycles. The van der Waals surface area contributed by atoms with Crippen LogP contribution < -0.4 is 10.5 Å². The maximum Gasteiger partial charge on any atom is 0.165 e. The predicted octanol–water partition coefficient (Wildman–Crippen LogP) is 2.96. The molecule has 0 amide bonds. The maximum atomic E-state index is 5.86.